The first-order valence-electron chi connectivity index (χ1n) is 5.94. The smallest absolute Gasteiger partial charge is 0.335 e. The molecule has 0 saturated carbocycles. The summed E-state index contributed by atoms with van der Waals surface area (Å²) < 4.78 is 2.01. The van der Waals surface area contributed by atoms with Crippen molar-refractivity contribution in [1.82, 2.24) is 9.55 Å². The minimum atomic E-state index is -0.945. The fourth-order valence-corrected chi connectivity index (χ4v) is 2.04. The number of carboxylic acid groups (broad SMARTS) is 1. The highest BCUT2D eigenvalue weighted by atomic mass is 16.4. The van der Waals surface area contributed by atoms with Gasteiger partial charge in [-0.15, -0.1) is 0 Å². The van der Waals surface area contributed by atoms with E-state index in [0.717, 1.165) is 18.4 Å². The molecule has 2 N–H and O–H groups in total. The average Bonchev–Trinajstić information content (AvgIpc) is 2.78. The van der Waals surface area contributed by atoms with Gasteiger partial charge in [-0.1, -0.05) is 0 Å². The maximum atomic E-state index is 10.9. The summed E-state index contributed by atoms with van der Waals surface area (Å²) in [5.41, 5.74) is 1.85. The van der Waals surface area contributed by atoms with Gasteiger partial charge >= 0.3 is 5.97 Å². The Morgan fingerprint density at radius 3 is 2.94 bits per heavy atom. The van der Waals surface area contributed by atoms with E-state index < -0.39 is 5.97 Å². The molecule has 1 atom stereocenters. The molecule has 0 amide bonds. The normalized spacial score (nSPS) is 12.8. The Hall–Kier alpha value is -1.88. The van der Waals surface area contributed by atoms with Gasteiger partial charge in [0.25, 0.3) is 0 Å². The van der Waals surface area contributed by atoms with Gasteiger partial charge in [-0.05, 0) is 38.0 Å². The van der Waals surface area contributed by atoms with Crippen molar-refractivity contribution < 1.29 is 15.0 Å². The third kappa shape index (κ3) is 2.36. The van der Waals surface area contributed by atoms with E-state index in [2.05, 4.69) is 11.9 Å². The van der Waals surface area contributed by atoms with Gasteiger partial charge in [0.2, 0.25) is 0 Å². The number of rotatable bonds is 5. The number of carbonyl (C=O) groups is 1. The predicted molar refractivity (Wildman–Crippen MR) is 67.7 cm³/mol. The number of nitrogens with zero attached hydrogens (tertiary/aromatic N) is 2. The Morgan fingerprint density at radius 1 is 1.50 bits per heavy atom. The molecule has 0 spiro atoms. The second-order valence-corrected chi connectivity index (χ2v) is 4.38. The van der Waals surface area contributed by atoms with E-state index in [1.807, 2.05) is 4.57 Å². The van der Waals surface area contributed by atoms with Crippen LogP contribution in [0.1, 0.15) is 36.2 Å². The first kappa shape index (κ1) is 12.6. The Bertz CT molecular complexity index is 562. The molecule has 2 rings (SSSR count). The molecule has 0 aliphatic rings. The van der Waals surface area contributed by atoms with Gasteiger partial charge in [0, 0.05) is 12.6 Å². The molecule has 0 saturated heterocycles. The lowest BCUT2D eigenvalue weighted by molar-refractivity contribution is 0.0697. The molecule has 1 unspecified atom stereocenters. The molecule has 1 heterocycles. The van der Waals surface area contributed by atoms with Crippen LogP contribution in [-0.2, 0) is 0 Å². The maximum absolute atomic E-state index is 10.9. The van der Waals surface area contributed by atoms with Crippen molar-refractivity contribution in [2.75, 3.05) is 6.61 Å². The van der Waals surface area contributed by atoms with Crippen LogP contribution in [0.3, 0.4) is 0 Å². The first-order chi connectivity index (χ1) is 8.63. The Balaban J connectivity index is 2.33. The van der Waals surface area contributed by atoms with Crippen LogP contribution >= 0.6 is 0 Å². The average molecular weight is 248 g/mol. The topological polar surface area (TPSA) is 75.3 Å². The quantitative estimate of drug-likeness (QED) is 0.849. The van der Waals surface area contributed by atoms with Crippen LogP contribution in [0.4, 0.5) is 0 Å². The highest BCUT2D eigenvalue weighted by molar-refractivity contribution is 5.92. The molecule has 1 aromatic heterocycles. The fourth-order valence-electron chi connectivity index (χ4n) is 2.04. The summed E-state index contributed by atoms with van der Waals surface area (Å²) in [4.78, 5) is 15.1. The zero-order chi connectivity index (χ0) is 13.1. The number of hydrogen-bond donors (Lipinski definition) is 2. The molecule has 0 aliphatic carbocycles. The molecule has 0 aliphatic heterocycles. The molecule has 1 aromatic carbocycles. The zero-order valence-corrected chi connectivity index (χ0v) is 10.2. The van der Waals surface area contributed by atoms with E-state index in [-0.39, 0.29) is 18.2 Å². The number of aliphatic hydroxyl groups is 1. The molecule has 96 valence electrons. The molecule has 0 radical (unpaired) electrons. The Kier molecular flexibility index (Phi) is 3.62. The van der Waals surface area contributed by atoms with Gasteiger partial charge in [0.1, 0.15) is 0 Å². The van der Waals surface area contributed by atoms with E-state index in [4.69, 9.17) is 10.2 Å². The van der Waals surface area contributed by atoms with Gasteiger partial charge in [0.05, 0.1) is 22.9 Å². The molecule has 18 heavy (non-hydrogen) atoms. The van der Waals surface area contributed by atoms with E-state index in [1.54, 1.807) is 24.5 Å². The summed E-state index contributed by atoms with van der Waals surface area (Å²) in [7, 11) is 0. The maximum Gasteiger partial charge on any atom is 0.335 e. The molecular formula is C13H16N2O3. The minimum Gasteiger partial charge on any atom is -0.478 e. The number of aliphatic hydroxyl groups excluding tert-OH is 1. The third-order valence-corrected chi connectivity index (χ3v) is 3.08. The Labute approximate surface area is 105 Å². The molecule has 5 nitrogen and oxygen atoms in total. The standard InChI is InChI=1S/C13H16N2O3/c1-9(3-2-6-16)15-8-14-11-7-10(13(17)18)4-5-12(11)15/h4-5,7-9,16H,2-3,6H2,1H3,(H,17,18). The van der Waals surface area contributed by atoms with Crippen LogP contribution in [-0.4, -0.2) is 32.3 Å². The van der Waals surface area contributed by atoms with Gasteiger partial charge in [-0.25, -0.2) is 9.78 Å². The van der Waals surface area contributed by atoms with E-state index in [1.165, 1.54) is 0 Å². The number of carboxylic acids is 1. The van der Waals surface area contributed by atoms with Crippen LogP contribution < -0.4 is 0 Å². The lowest BCUT2D eigenvalue weighted by Crippen LogP contribution is -2.04. The SMILES string of the molecule is CC(CCCO)n1cnc2cc(C(=O)O)ccc21. The summed E-state index contributed by atoms with van der Waals surface area (Å²) in [6.45, 7) is 2.24. The lowest BCUT2D eigenvalue weighted by atomic mass is 10.1. The van der Waals surface area contributed by atoms with Crippen molar-refractivity contribution >= 4 is 17.0 Å². The predicted octanol–water partition coefficient (Wildman–Crippen LogP) is 2.07. The number of aromatic nitrogens is 2. The fraction of sp³-hybridized carbons (Fsp3) is 0.385. The minimum absolute atomic E-state index is 0.181. The van der Waals surface area contributed by atoms with Gasteiger partial charge in [0.15, 0.2) is 0 Å². The first-order valence-corrected chi connectivity index (χ1v) is 5.94. The lowest BCUT2D eigenvalue weighted by Gasteiger charge is -2.13. The number of aromatic carboxylic acids is 1. The molecule has 0 bridgehead atoms. The van der Waals surface area contributed by atoms with Gasteiger partial charge < -0.3 is 14.8 Å². The van der Waals surface area contributed by atoms with E-state index >= 15 is 0 Å². The van der Waals surface area contributed by atoms with Crippen LogP contribution in [0.2, 0.25) is 0 Å². The summed E-state index contributed by atoms with van der Waals surface area (Å²) in [6.07, 6.45) is 3.33. The highest BCUT2D eigenvalue weighted by Crippen LogP contribution is 2.21. The summed E-state index contributed by atoms with van der Waals surface area (Å²) in [5, 5.41) is 17.7. The second kappa shape index (κ2) is 5.18. The number of benzene rings is 1. The highest BCUT2D eigenvalue weighted by Gasteiger charge is 2.11. The van der Waals surface area contributed by atoms with Crippen molar-refractivity contribution in [1.29, 1.82) is 0 Å². The second-order valence-electron chi connectivity index (χ2n) is 4.38. The van der Waals surface area contributed by atoms with Gasteiger partial charge in [-0.3, -0.25) is 0 Å². The monoisotopic (exact) mass is 248 g/mol. The third-order valence-electron chi connectivity index (χ3n) is 3.08. The molecule has 2 aromatic rings. The van der Waals surface area contributed by atoms with Crippen molar-refractivity contribution in [3.63, 3.8) is 0 Å². The zero-order valence-electron chi connectivity index (χ0n) is 10.2. The molecule has 0 fully saturated rings. The Morgan fingerprint density at radius 2 is 2.28 bits per heavy atom. The largest absolute Gasteiger partial charge is 0.478 e. The number of hydrogen-bond acceptors (Lipinski definition) is 3. The van der Waals surface area contributed by atoms with Crippen molar-refractivity contribution in [2.45, 2.75) is 25.8 Å². The van der Waals surface area contributed by atoms with E-state index in [9.17, 15) is 4.79 Å². The van der Waals surface area contributed by atoms with Crippen LogP contribution in [0, 0.1) is 0 Å². The molecular weight excluding hydrogens is 232 g/mol. The molecule has 5 heteroatoms. The number of fused-ring (bicyclic) bond motifs is 1. The van der Waals surface area contributed by atoms with Crippen molar-refractivity contribution in [3.8, 4) is 0 Å². The van der Waals surface area contributed by atoms with Crippen LogP contribution in [0.15, 0.2) is 24.5 Å². The van der Waals surface area contributed by atoms with E-state index in [0.29, 0.717) is 5.52 Å². The summed E-state index contributed by atoms with van der Waals surface area (Å²) >= 11 is 0. The van der Waals surface area contributed by atoms with Gasteiger partial charge in [-0.2, -0.15) is 0 Å². The van der Waals surface area contributed by atoms with Crippen LogP contribution in [0.5, 0.6) is 0 Å². The van der Waals surface area contributed by atoms with Crippen LogP contribution in [0.25, 0.3) is 11.0 Å². The van der Waals surface area contributed by atoms with Crippen molar-refractivity contribution in [2.24, 2.45) is 0 Å². The summed E-state index contributed by atoms with van der Waals surface area (Å²) in [5.74, 6) is -0.945. The van der Waals surface area contributed by atoms with Crippen molar-refractivity contribution in [3.05, 3.63) is 30.1 Å². The summed E-state index contributed by atoms with van der Waals surface area (Å²) in [6, 6.07) is 5.17. The number of imidazole rings is 1.